The third-order valence-electron chi connectivity index (χ3n) is 9.74. The van der Waals surface area contributed by atoms with E-state index in [1.165, 1.54) is 69.8 Å². The van der Waals surface area contributed by atoms with E-state index in [0.29, 0.717) is 11.3 Å². The van der Waals surface area contributed by atoms with Gasteiger partial charge in [-0.3, -0.25) is 0 Å². The van der Waals surface area contributed by atoms with Gasteiger partial charge in [-0.05, 0) is 126 Å². The fourth-order valence-electron chi connectivity index (χ4n) is 8.19. The van der Waals surface area contributed by atoms with Crippen molar-refractivity contribution < 1.29 is 10.2 Å². The molecule has 2 N–H and O–H groups in total. The van der Waals surface area contributed by atoms with E-state index < -0.39 is 5.60 Å². The fourth-order valence-corrected chi connectivity index (χ4v) is 8.19. The van der Waals surface area contributed by atoms with Crippen LogP contribution in [0.1, 0.15) is 118 Å². The van der Waals surface area contributed by atoms with Gasteiger partial charge in [0.1, 0.15) is 0 Å². The van der Waals surface area contributed by atoms with E-state index in [-0.39, 0.29) is 6.10 Å². The summed E-state index contributed by atoms with van der Waals surface area (Å²) in [5.41, 5.74) is 4.76. The number of allylic oxidation sites excluding steroid dienone is 3. The fraction of sp³-hybridized carbons (Fsp3) is 0.862. The molecule has 2 nitrogen and oxygen atoms in total. The third-order valence-corrected chi connectivity index (χ3v) is 9.74. The molecule has 0 bridgehead atoms. The Hall–Kier alpha value is -0.600. The first-order valence-corrected chi connectivity index (χ1v) is 13.5. The average Bonchev–Trinajstić information content (AvgIpc) is 3.06. The van der Waals surface area contributed by atoms with E-state index in [1.54, 1.807) is 11.1 Å². The summed E-state index contributed by atoms with van der Waals surface area (Å²) in [7, 11) is 0. The van der Waals surface area contributed by atoms with Crippen LogP contribution in [0.15, 0.2) is 22.8 Å². The molecule has 0 aromatic carbocycles. The summed E-state index contributed by atoms with van der Waals surface area (Å²) in [5, 5.41) is 20.6. The molecule has 0 amide bonds. The van der Waals surface area contributed by atoms with Gasteiger partial charge < -0.3 is 10.2 Å². The van der Waals surface area contributed by atoms with Crippen molar-refractivity contribution >= 4 is 0 Å². The van der Waals surface area contributed by atoms with Crippen molar-refractivity contribution in [3.05, 3.63) is 22.8 Å². The van der Waals surface area contributed by atoms with Crippen LogP contribution in [0.25, 0.3) is 0 Å². The largest absolute Gasteiger partial charge is 0.390 e. The van der Waals surface area contributed by atoms with E-state index in [1.807, 2.05) is 13.8 Å². The summed E-state index contributed by atoms with van der Waals surface area (Å²) < 4.78 is 0. The van der Waals surface area contributed by atoms with Crippen LogP contribution in [-0.2, 0) is 0 Å². The average molecular weight is 429 g/mol. The van der Waals surface area contributed by atoms with Gasteiger partial charge in [-0.1, -0.05) is 43.9 Å². The van der Waals surface area contributed by atoms with Crippen molar-refractivity contribution in [2.45, 2.75) is 129 Å². The van der Waals surface area contributed by atoms with Crippen LogP contribution in [0, 0.1) is 29.1 Å². The monoisotopic (exact) mass is 428 g/mol. The second kappa shape index (κ2) is 9.34. The molecule has 31 heavy (non-hydrogen) atoms. The summed E-state index contributed by atoms with van der Waals surface area (Å²) in [5.74, 6) is 2.98. The lowest BCUT2D eigenvalue weighted by Crippen LogP contribution is -2.36. The third kappa shape index (κ3) is 5.01. The highest BCUT2D eigenvalue weighted by Gasteiger charge is 2.50. The van der Waals surface area contributed by atoms with Gasteiger partial charge in [0, 0.05) is 0 Å². The lowest BCUT2D eigenvalue weighted by molar-refractivity contribution is 0.0596. The molecule has 0 aromatic heterocycles. The number of hydrogen-bond donors (Lipinski definition) is 2. The Morgan fingerprint density at radius 3 is 2.55 bits per heavy atom. The zero-order valence-electron chi connectivity index (χ0n) is 20.8. The molecule has 176 valence electrons. The standard InChI is InChI=1S/C29H48O2/c1-20(9-7-17-28(2,3)31)25-15-16-26-22(11-8-18-29(25,26)4)19-21-10-5-13-24-23(21)12-6-14-27(24)30/h19-21,25-27,30-31H,5-18H2,1-4H3/b22-19+/t20-,21-,25-,26+,27+,29-/m1/s1. The van der Waals surface area contributed by atoms with Gasteiger partial charge in [-0.2, -0.15) is 0 Å². The first-order chi connectivity index (χ1) is 14.7. The zero-order chi connectivity index (χ0) is 22.2. The minimum atomic E-state index is -0.525. The van der Waals surface area contributed by atoms with Gasteiger partial charge in [0.15, 0.2) is 0 Å². The van der Waals surface area contributed by atoms with E-state index in [0.717, 1.165) is 43.4 Å². The summed E-state index contributed by atoms with van der Waals surface area (Å²) in [4.78, 5) is 0. The van der Waals surface area contributed by atoms with Gasteiger partial charge in [-0.25, -0.2) is 0 Å². The van der Waals surface area contributed by atoms with Crippen LogP contribution in [-0.4, -0.2) is 21.9 Å². The molecule has 0 unspecified atom stereocenters. The Labute approximate surface area is 191 Å². The first-order valence-electron chi connectivity index (χ1n) is 13.5. The van der Waals surface area contributed by atoms with Crippen molar-refractivity contribution in [2.24, 2.45) is 29.1 Å². The Morgan fingerprint density at radius 2 is 1.77 bits per heavy atom. The van der Waals surface area contributed by atoms with E-state index in [9.17, 15) is 10.2 Å². The molecule has 2 heteroatoms. The molecule has 0 spiro atoms. The molecule has 4 aliphatic rings. The predicted molar refractivity (Wildman–Crippen MR) is 130 cm³/mol. The highest BCUT2D eigenvalue weighted by Crippen LogP contribution is 2.60. The van der Waals surface area contributed by atoms with Crippen molar-refractivity contribution in [2.75, 3.05) is 0 Å². The van der Waals surface area contributed by atoms with Crippen LogP contribution < -0.4 is 0 Å². The number of aliphatic hydroxyl groups is 2. The highest BCUT2D eigenvalue weighted by molar-refractivity contribution is 5.31. The molecule has 4 rings (SSSR count). The molecule has 0 heterocycles. The van der Waals surface area contributed by atoms with Crippen molar-refractivity contribution in [1.29, 1.82) is 0 Å². The Balaban J connectivity index is 1.48. The van der Waals surface area contributed by atoms with Gasteiger partial charge in [0.2, 0.25) is 0 Å². The molecule has 0 aliphatic heterocycles. The predicted octanol–water partition coefficient (Wildman–Crippen LogP) is 7.35. The second-order valence-electron chi connectivity index (χ2n) is 12.5. The maximum atomic E-state index is 10.5. The highest BCUT2D eigenvalue weighted by atomic mass is 16.3. The van der Waals surface area contributed by atoms with Gasteiger partial charge in [0.05, 0.1) is 11.7 Å². The molecule has 0 radical (unpaired) electrons. The molecule has 0 aromatic rings. The molecule has 0 saturated heterocycles. The molecular formula is C29H48O2. The van der Waals surface area contributed by atoms with Crippen LogP contribution in [0.4, 0.5) is 0 Å². The van der Waals surface area contributed by atoms with Gasteiger partial charge in [0.25, 0.3) is 0 Å². The van der Waals surface area contributed by atoms with Gasteiger partial charge >= 0.3 is 0 Å². The lowest BCUT2D eigenvalue weighted by atomic mass is 9.60. The summed E-state index contributed by atoms with van der Waals surface area (Å²) in [6.45, 7) is 8.99. The van der Waals surface area contributed by atoms with E-state index >= 15 is 0 Å². The summed E-state index contributed by atoms with van der Waals surface area (Å²) >= 11 is 0. The molecule has 2 fully saturated rings. The minimum Gasteiger partial charge on any atom is -0.390 e. The van der Waals surface area contributed by atoms with E-state index in [4.69, 9.17) is 0 Å². The maximum absolute atomic E-state index is 10.5. The minimum absolute atomic E-state index is 0.151. The smallest absolute Gasteiger partial charge is 0.0753 e. The lowest BCUT2D eigenvalue weighted by Gasteiger charge is -2.45. The molecule has 2 saturated carbocycles. The number of fused-ring (bicyclic) bond motifs is 1. The Bertz CT molecular complexity index is 696. The van der Waals surface area contributed by atoms with Crippen LogP contribution in [0.5, 0.6) is 0 Å². The number of hydrogen-bond acceptors (Lipinski definition) is 2. The van der Waals surface area contributed by atoms with Crippen LogP contribution in [0.2, 0.25) is 0 Å². The topological polar surface area (TPSA) is 40.5 Å². The van der Waals surface area contributed by atoms with Gasteiger partial charge in [-0.15, -0.1) is 0 Å². The van der Waals surface area contributed by atoms with Crippen molar-refractivity contribution in [3.8, 4) is 0 Å². The molecule has 6 atom stereocenters. The maximum Gasteiger partial charge on any atom is 0.0753 e. The van der Waals surface area contributed by atoms with Crippen LogP contribution in [0.3, 0.4) is 0 Å². The number of rotatable bonds is 6. The van der Waals surface area contributed by atoms with Crippen LogP contribution >= 0.6 is 0 Å². The van der Waals surface area contributed by atoms with E-state index in [2.05, 4.69) is 19.9 Å². The number of aliphatic hydroxyl groups excluding tert-OH is 1. The SMILES string of the molecule is C[C@H](CCCC(C)(C)O)[C@H]1CC[C@H]2/C(=C/[C@H]3CCCC4=C3CCC[C@@H]4O)CCC[C@]12C. The summed E-state index contributed by atoms with van der Waals surface area (Å²) in [6.07, 6.45) is 19.8. The Morgan fingerprint density at radius 1 is 1.03 bits per heavy atom. The zero-order valence-corrected chi connectivity index (χ0v) is 20.8. The molecular weight excluding hydrogens is 380 g/mol. The summed E-state index contributed by atoms with van der Waals surface area (Å²) in [6, 6.07) is 0. The quantitative estimate of drug-likeness (QED) is 0.434. The van der Waals surface area contributed by atoms with Crippen molar-refractivity contribution in [1.82, 2.24) is 0 Å². The normalized spacial score (nSPS) is 38.8. The molecule has 4 aliphatic carbocycles. The second-order valence-corrected chi connectivity index (χ2v) is 12.5. The Kier molecular flexibility index (Phi) is 7.09. The van der Waals surface area contributed by atoms with Crippen molar-refractivity contribution in [3.63, 3.8) is 0 Å². The first kappa shape index (κ1) is 23.6.